The molecule has 0 unspecified atom stereocenters. The van der Waals surface area contributed by atoms with Crippen LogP contribution in [-0.2, 0) is 11.3 Å². The van der Waals surface area contributed by atoms with Crippen LogP contribution in [0.4, 0.5) is 0 Å². The molecule has 0 atom stereocenters. The van der Waals surface area contributed by atoms with Crippen LogP contribution in [0, 0.1) is 0 Å². The highest BCUT2D eigenvalue weighted by molar-refractivity contribution is 7.16. The first-order chi connectivity index (χ1) is 8.78. The largest absolute Gasteiger partial charge is 0.378 e. The molecule has 2 rings (SSSR count). The van der Waals surface area contributed by atoms with E-state index in [0.717, 1.165) is 56.4 Å². The van der Waals surface area contributed by atoms with E-state index < -0.39 is 0 Å². The molecular formula is C13H21ClN2OS. The van der Waals surface area contributed by atoms with Crippen LogP contribution in [0.5, 0.6) is 0 Å². The van der Waals surface area contributed by atoms with Crippen LogP contribution in [0.3, 0.4) is 0 Å². The molecule has 18 heavy (non-hydrogen) atoms. The van der Waals surface area contributed by atoms with E-state index in [1.807, 2.05) is 6.07 Å². The van der Waals surface area contributed by atoms with Gasteiger partial charge in [-0.3, -0.25) is 4.90 Å². The molecule has 1 aromatic heterocycles. The topological polar surface area (TPSA) is 38.5 Å². The molecule has 1 fully saturated rings. The Balaban J connectivity index is 1.67. The molecule has 102 valence electrons. The number of nitrogens with two attached hydrogens (primary N) is 1. The third kappa shape index (κ3) is 4.52. The van der Waals surface area contributed by atoms with Crippen LogP contribution in [0.2, 0.25) is 4.34 Å². The van der Waals surface area contributed by atoms with Gasteiger partial charge < -0.3 is 10.5 Å². The molecule has 1 aliphatic heterocycles. The first kappa shape index (κ1) is 14.3. The van der Waals surface area contributed by atoms with E-state index in [0.29, 0.717) is 6.10 Å². The average Bonchev–Trinajstić information content (AvgIpc) is 2.77. The van der Waals surface area contributed by atoms with Gasteiger partial charge in [-0.1, -0.05) is 11.6 Å². The Morgan fingerprint density at radius 1 is 1.39 bits per heavy atom. The van der Waals surface area contributed by atoms with Crippen molar-refractivity contribution < 1.29 is 4.74 Å². The lowest BCUT2D eigenvalue weighted by molar-refractivity contribution is 0.00582. The van der Waals surface area contributed by atoms with Crippen molar-refractivity contribution in [3.05, 3.63) is 21.3 Å². The lowest BCUT2D eigenvalue weighted by Crippen LogP contribution is -2.36. The number of thiophene rings is 1. The van der Waals surface area contributed by atoms with Crippen molar-refractivity contribution in [3.63, 3.8) is 0 Å². The van der Waals surface area contributed by atoms with Gasteiger partial charge in [0.2, 0.25) is 0 Å². The van der Waals surface area contributed by atoms with E-state index in [1.54, 1.807) is 11.3 Å². The molecule has 0 spiro atoms. The Bertz CT molecular complexity index is 351. The molecule has 1 aliphatic rings. The number of ether oxygens (including phenoxy) is 1. The number of halogens is 1. The predicted molar refractivity (Wildman–Crippen MR) is 77.3 cm³/mol. The molecule has 0 amide bonds. The van der Waals surface area contributed by atoms with Gasteiger partial charge in [-0.15, -0.1) is 11.3 Å². The van der Waals surface area contributed by atoms with E-state index in [1.165, 1.54) is 4.88 Å². The number of piperidine rings is 1. The van der Waals surface area contributed by atoms with Crippen molar-refractivity contribution in [3.8, 4) is 0 Å². The summed E-state index contributed by atoms with van der Waals surface area (Å²) in [6, 6.07) is 4.10. The van der Waals surface area contributed by atoms with Crippen LogP contribution in [0.1, 0.15) is 24.1 Å². The lowest BCUT2D eigenvalue weighted by Gasteiger charge is -2.31. The van der Waals surface area contributed by atoms with Gasteiger partial charge in [-0.05, 0) is 37.9 Å². The van der Waals surface area contributed by atoms with Crippen LogP contribution in [-0.4, -0.2) is 37.2 Å². The van der Waals surface area contributed by atoms with Gasteiger partial charge in [0.1, 0.15) is 0 Å². The minimum atomic E-state index is 0.430. The van der Waals surface area contributed by atoms with E-state index in [2.05, 4.69) is 11.0 Å². The summed E-state index contributed by atoms with van der Waals surface area (Å²) in [4.78, 5) is 3.83. The SMILES string of the molecule is NCCCOC1CCN(Cc2ccc(Cl)s2)CC1. The molecule has 0 saturated carbocycles. The summed E-state index contributed by atoms with van der Waals surface area (Å²) in [6.45, 7) is 4.78. The van der Waals surface area contributed by atoms with E-state index in [-0.39, 0.29) is 0 Å². The number of hydrogen-bond acceptors (Lipinski definition) is 4. The molecule has 0 radical (unpaired) electrons. The normalized spacial score (nSPS) is 18.3. The fourth-order valence-corrected chi connectivity index (χ4v) is 3.35. The zero-order chi connectivity index (χ0) is 12.8. The summed E-state index contributed by atoms with van der Waals surface area (Å²) in [5.74, 6) is 0. The standard InChI is InChI=1S/C13H21ClN2OS/c14-13-3-2-12(18-13)10-16-7-4-11(5-8-16)17-9-1-6-15/h2-3,11H,1,4-10,15H2. The third-order valence-electron chi connectivity index (χ3n) is 3.24. The lowest BCUT2D eigenvalue weighted by atomic mass is 10.1. The first-order valence-corrected chi connectivity index (χ1v) is 7.75. The van der Waals surface area contributed by atoms with Gasteiger partial charge in [-0.2, -0.15) is 0 Å². The highest BCUT2D eigenvalue weighted by atomic mass is 35.5. The van der Waals surface area contributed by atoms with Crippen molar-refractivity contribution in [2.24, 2.45) is 5.73 Å². The molecule has 2 heterocycles. The second kappa shape index (κ2) is 7.46. The second-order valence-electron chi connectivity index (χ2n) is 4.69. The molecule has 1 saturated heterocycles. The Kier molecular flexibility index (Phi) is 5.92. The molecule has 5 heteroatoms. The summed E-state index contributed by atoms with van der Waals surface area (Å²) in [5, 5.41) is 0. The maximum Gasteiger partial charge on any atom is 0.0931 e. The third-order valence-corrected chi connectivity index (χ3v) is 4.46. The summed E-state index contributed by atoms with van der Waals surface area (Å²) >= 11 is 7.62. The molecule has 2 N–H and O–H groups in total. The fraction of sp³-hybridized carbons (Fsp3) is 0.692. The fourth-order valence-electron chi connectivity index (χ4n) is 2.22. The molecule has 3 nitrogen and oxygen atoms in total. The average molecular weight is 289 g/mol. The van der Waals surface area contributed by atoms with Crippen LogP contribution in [0.15, 0.2) is 12.1 Å². The second-order valence-corrected chi connectivity index (χ2v) is 6.49. The van der Waals surface area contributed by atoms with Gasteiger partial charge in [0.25, 0.3) is 0 Å². The monoisotopic (exact) mass is 288 g/mol. The highest BCUT2D eigenvalue weighted by Crippen LogP contribution is 2.24. The molecule has 0 bridgehead atoms. The molecule has 0 aromatic carbocycles. The van der Waals surface area contributed by atoms with Crippen molar-refractivity contribution in [2.75, 3.05) is 26.2 Å². The first-order valence-electron chi connectivity index (χ1n) is 6.56. The van der Waals surface area contributed by atoms with E-state index in [9.17, 15) is 0 Å². The maximum atomic E-state index is 5.94. The minimum Gasteiger partial charge on any atom is -0.378 e. The van der Waals surface area contributed by atoms with Crippen molar-refractivity contribution in [1.29, 1.82) is 0 Å². The van der Waals surface area contributed by atoms with Crippen molar-refractivity contribution in [2.45, 2.75) is 31.9 Å². The molecule has 1 aromatic rings. The smallest absolute Gasteiger partial charge is 0.0931 e. The van der Waals surface area contributed by atoms with Crippen LogP contribution < -0.4 is 5.73 Å². The summed E-state index contributed by atoms with van der Waals surface area (Å²) < 4.78 is 6.68. The number of nitrogens with zero attached hydrogens (tertiary/aromatic N) is 1. The zero-order valence-corrected chi connectivity index (χ0v) is 12.2. The van der Waals surface area contributed by atoms with Crippen LogP contribution in [0.25, 0.3) is 0 Å². The van der Waals surface area contributed by atoms with E-state index in [4.69, 9.17) is 22.1 Å². The zero-order valence-electron chi connectivity index (χ0n) is 10.6. The van der Waals surface area contributed by atoms with Gasteiger partial charge in [0, 0.05) is 31.1 Å². The predicted octanol–water partition coefficient (Wildman–Crippen LogP) is 2.73. The molecule has 0 aliphatic carbocycles. The summed E-state index contributed by atoms with van der Waals surface area (Å²) in [7, 11) is 0. The Morgan fingerprint density at radius 2 is 2.17 bits per heavy atom. The van der Waals surface area contributed by atoms with Crippen LogP contribution >= 0.6 is 22.9 Å². The number of hydrogen-bond donors (Lipinski definition) is 1. The summed E-state index contributed by atoms with van der Waals surface area (Å²) in [5.41, 5.74) is 5.46. The molecular weight excluding hydrogens is 268 g/mol. The van der Waals surface area contributed by atoms with Gasteiger partial charge >= 0.3 is 0 Å². The number of rotatable bonds is 6. The van der Waals surface area contributed by atoms with Crippen molar-refractivity contribution >= 4 is 22.9 Å². The van der Waals surface area contributed by atoms with Gasteiger partial charge in [0.05, 0.1) is 10.4 Å². The minimum absolute atomic E-state index is 0.430. The number of likely N-dealkylation sites (tertiary alicyclic amines) is 1. The Labute approximate surface area is 118 Å². The summed E-state index contributed by atoms with van der Waals surface area (Å²) in [6.07, 6.45) is 3.65. The van der Waals surface area contributed by atoms with Gasteiger partial charge in [-0.25, -0.2) is 0 Å². The Hall–Kier alpha value is -0.130. The quantitative estimate of drug-likeness (QED) is 0.818. The maximum absolute atomic E-state index is 5.94. The van der Waals surface area contributed by atoms with E-state index >= 15 is 0 Å². The van der Waals surface area contributed by atoms with Crippen molar-refractivity contribution in [1.82, 2.24) is 4.90 Å². The van der Waals surface area contributed by atoms with Gasteiger partial charge in [0.15, 0.2) is 0 Å². The highest BCUT2D eigenvalue weighted by Gasteiger charge is 2.19. The Morgan fingerprint density at radius 3 is 2.78 bits per heavy atom.